The van der Waals surface area contributed by atoms with Crippen LogP contribution in [-0.2, 0) is 9.53 Å². The molecule has 3 nitrogen and oxygen atoms in total. The highest BCUT2D eigenvalue weighted by Gasteiger charge is 2.28. The van der Waals surface area contributed by atoms with E-state index in [1.807, 2.05) is 6.92 Å². The number of carbonyl (C=O) groups excluding carboxylic acids is 1. The van der Waals surface area contributed by atoms with Crippen LogP contribution in [0, 0.1) is 12.8 Å². The molecular formula is C18H27NO2. The van der Waals surface area contributed by atoms with Crippen LogP contribution in [0.5, 0.6) is 0 Å². The Morgan fingerprint density at radius 1 is 1.33 bits per heavy atom. The molecule has 0 amide bonds. The van der Waals surface area contributed by atoms with Crippen molar-refractivity contribution < 1.29 is 9.53 Å². The molecule has 1 N–H and O–H groups in total. The van der Waals surface area contributed by atoms with Crippen LogP contribution in [0.4, 0.5) is 0 Å². The number of esters is 1. The first-order chi connectivity index (χ1) is 10.1. The van der Waals surface area contributed by atoms with Gasteiger partial charge in [0.2, 0.25) is 0 Å². The Hall–Kier alpha value is -1.35. The molecule has 0 aliphatic heterocycles. The van der Waals surface area contributed by atoms with E-state index in [-0.39, 0.29) is 11.9 Å². The standard InChI is InChI=1S/C18H27NO2/c1-4-21-18(20)16-6-5-7-17(12-16)19-14(3)15-10-8-13(2)9-11-15/h8-11,14,16-17,19H,4-7,12H2,1-3H3/t14-,16?,17?/m1/s1. The molecule has 1 saturated carbocycles. The van der Waals surface area contributed by atoms with E-state index in [0.717, 1.165) is 25.7 Å². The summed E-state index contributed by atoms with van der Waals surface area (Å²) >= 11 is 0. The van der Waals surface area contributed by atoms with Crippen LogP contribution >= 0.6 is 0 Å². The van der Waals surface area contributed by atoms with Crippen LogP contribution in [0.1, 0.15) is 56.7 Å². The fourth-order valence-corrected chi connectivity index (χ4v) is 3.12. The number of hydrogen-bond donors (Lipinski definition) is 1. The average Bonchev–Trinajstić information content (AvgIpc) is 2.48. The lowest BCUT2D eigenvalue weighted by Crippen LogP contribution is -2.38. The van der Waals surface area contributed by atoms with Gasteiger partial charge < -0.3 is 10.1 Å². The maximum Gasteiger partial charge on any atom is 0.308 e. The summed E-state index contributed by atoms with van der Waals surface area (Å²) in [6.45, 7) is 6.65. The minimum Gasteiger partial charge on any atom is -0.466 e. The summed E-state index contributed by atoms with van der Waals surface area (Å²) in [5.41, 5.74) is 2.59. The van der Waals surface area contributed by atoms with Crippen LogP contribution in [0.15, 0.2) is 24.3 Å². The van der Waals surface area contributed by atoms with E-state index >= 15 is 0 Å². The van der Waals surface area contributed by atoms with Crippen molar-refractivity contribution in [3.8, 4) is 0 Å². The summed E-state index contributed by atoms with van der Waals surface area (Å²) in [5.74, 6) is 0.0495. The molecule has 1 aliphatic rings. The Bertz CT molecular complexity index is 455. The molecule has 1 aliphatic carbocycles. The van der Waals surface area contributed by atoms with Crippen molar-refractivity contribution in [1.29, 1.82) is 0 Å². The lowest BCUT2D eigenvalue weighted by Gasteiger charge is -2.31. The van der Waals surface area contributed by atoms with E-state index in [2.05, 4.69) is 43.4 Å². The molecule has 3 heteroatoms. The zero-order chi connectivity index (χ0) is 15.2. The normalized spacial score (nSPS) is 23.6. The highest BCUT2D eigenvalue weighted by Crippen LogP contribution is 2.27. The van der Waals surface area contributed by atoms with E-state index in [9.17, 15) is 4.79 Å². The first-order valence-corrected chi connectivity index (χ1v) is 8.09. The van der Waals surface area contributed by atoms with Gasteiger partial charge >= 0.3 is 5.97 Å². The summed E-state index contributed by atoms with van der Waals surface area (Å²) in [6, 6.07) is 9.38. The fraction of sp³-hybridized carbons (Fsp3) is 0.611. The Morgan fingerprint density at radius 2 is 2.05 bits per heavy atom. The predicted octanol–water partition coefficient (Wildman–Crippen LogP) is 3.77. The van der Waals surface area contributed by atoms with Gasteiger partial charge in [-0.05, 0) is 45.6 Å². The van der Waals surface area contributed by atoms with Crippen LogP contribution in [-0.4, -0.2) is 18.6 Å². The zero-order valence-electron chi connectivity index (χ0n) is 13.4. The van der Waals surface area contributed by atoms with Gasteiger partial charge in [0.15, 0.2) is 0 Å². The van der Waals surface area contributed by atoms with E-state index in [1.54, 1.807) is 0 Å². The van der Waals surface area contributed by atoms with Gasteiger partial charge in [-0.25, -0.2) is 0 Å². The largest absolute Gasteiger partial charge is 0.466 e. The maximum absolute atomic E-state index is 11.9. The number of aryl methyl sites for hydroxylation is 1. The molecule has 1 fully saturated rings. The first kappa shape index (κ1) is 16.0. The summed E-state index contributed by atoms with van der Waals surface area (Å²) in [5, 5.41) is 3.67. The molecule has 0 aromatic heterocycles. The molecule has 1 aromatic carbocycles. The first-order valence-electron chi connectivity index (χ1n) is 8.09. The van der Waals surface area contributed by atoms with E-state index < -0.39 is 0 Å². The van der Waals surface area contributed by atoms with Crippen molar-refractivity contribution in [2.75, 3.05) is 6.61 Å². The SMILES string of the molecule is CCOC(=O)C1CCCC(N[C@H](C)c2ccc(C)cc2)C1. The third-order valence-corrected chi connectivity index (χ3v) is 4.36. The van der Waals surface area contributed by atoms with Gasteiger partial charge in [0, 0.05) is 12.1 Å². The minimum absolute atomic E-state index is 0.0213. The predicted molar refractivity (Wildman–Crippen MR) is 85.1 cm³/mol. The maximum atomic E-state index is 11.9. The van der Waals surface area contributed by atoms with Crippen molar-refractivity contribution >= 4 is 5.97 Å². The van der Waals surface area contributed by atoms with Gasteiger partial charge in [-0.15, -0.1) is 0 Å². The van der Waals surface area contributed by atoms with Crippen LogP contribution in [0.3, 0.4) is 0 Å². The topological polar surface area (TPSA) is 38.3 Å². The Morgan fingerprint density at radius 3 is 2.71 bits per heavy atom. The van der Waals surface area contributed by atoms with Crippen molar-refractivity contribution in [2.24, 2.45) is 5.92 Å². The second kappa shape index (κ2) is 7.60. The number of ether oxygens (including phenoxy) is 1. The van der Waals surface area contributed by atoms with Crippen molar-refractivity contribution in [3.63, 3.8) is 0 Å². The molecule has 0 radical (unpaired) electrons. The number of benzene rings is 1. The Balaban J connectivity index is 1.89. The van der Waals surface area contributed by atoms with Crippen LogP contribution in [0.25, 0.3) is 0 Å². The van der Waals surface area contributed by atoms with Crippen molar-refractivity contribution in [2.45, 2.75) is 58.5 Å². The van der Waals surface area contributed by atoms with Gasteiger partial charge in [0.25, 0.3) is 0 Å². The van der Waals surface area contributed by atoms with Gasteiger partial charge in [-0.2, -0.15) is 0 Å². The van der Waals surface area contributed by atoms with Crippen LogP contribution in [0.2, 0.25) is 0 Å². The summed E-state index contributed by atoms with van der Waals surface area (Å²) < 4.78 is 5.17. The number of rotatable bonds is 5. The van der Waals surface area contributed by atoms with E-state index in [0.29, 0.717) is 18.7 Å². The van der Waals surface area contributed by atoms with Crippen molar-refractivity contribution in [1.82, 2.24) is 5.32 Å². The highest BCUT2D eigenvalue weighted by atomic mass is 16.5. The lowest BCUT2D eigenvalue weighted by molar-refractivity contribution is -0.149. The molecule has 2 rings (SSSR count). The summed E-state index contributed by atoms with van der Waals surface area (Å²) in [6.07, 6.45) is 4.11. The van der Waals surface area contributed by atoms with Gasteiger partial charge in [-0.3, -0.25) is 4.79 Å². The zero-order valence-corrected chi connectivity index (χ0v) is 13.4. The quantitative estimate of drug-likeness (QED) is 0.839. The van der Waals surface area contributed by atoms with Gasteiger partial charge in [0.1, 0.15) is 0 Å². The molecular weight excluding hydrogens is 262 g/mol. The van der Waals surface area contributed by atoms with Crippen LogP contribution < -0.4 is 5.32 Å². The molecule has 0 bridgehead atoms. The Labute approximate surface area is 128 Å². The molecule has 3 atom stereocenters. The van der Waals surface area contributed by atoms with Crippen molar-refractivity contribution in [3.05, 3.63) is 35.4 Å². The monoisotopic (exact) mass is 289 g/mol. The highest BCUT2D eigenvalue weighted by molar-refractivity contribution is 5.72. The van der Waals surface area contributed by atoms with E-state index in [4.69, 9.17) is 4.74 Å². The lowest BCUT2D eigenvalue weighted by atomic mass is 9.85. The molecule has 0 spiro atoms. The summed E-state index contributed by atoms with van der Waals surface area (Å²) in [7, 11) is 0. The molecule has 0 heterocycles. The number of nitrogens with one attached hydrogen (secondary N) is 1. The molecule has 116 valence electrons. The third kappa shape index (κ3) is 4.57. The fourth-order valence-electron chi connectivity index (χ4n) is 3.12. The third-order valence-electron chi connectivity index (χ3n) is 4.36. The average molecular weight is 289 g/mol. The van der Waals surface area contributed by atoms with Gasteiger partial charge in [-0.1, -0.05) is 36.2 Å². The number of carbonyl (C=O) groups is 1. The van der Waals surface area contributed by atoms with E-state index in [1.165, 1.54) is 11.1 Å². The number of hydrogen-bond acceptors (Lipinski definition) is 3. The second-order valence-electron chi connectivity index (χ2n) is 6.11. The minimum atomic E-state index is -0.0213. The molecule has 1 aromatic rings. The molecule has 0 saturated heterocycles. The molecule has 2 unspecified atom stereocenters. The Kier molecular flexibility index (Phi) is 5.80. The molecule has 21 heavy (non-hydrogen) atoms. The van der Waals surface area contributed by atoms with Gasteiger partial charge in [0.05, 0.1) is 12.5 Å². The summed E-state index contributed by atoms with van der Waals surface area (Å²) in [4.78, 5) is 11.9. The second-order valence-corrected chi connectivity index (χ2v) is 6.11. The smallest absolute Gasteiger partial charge is 0.308 e.